The standard InChI is InChI=1S/C21H24N2O3/c24-20(25)14-17-7-4-8-19(13-17)22-21(26)18-9-11-23(12-10-18)15-16-5-2-1-3-6-16/h1-8,13,18H,9-12,14-15H2,(H,22,26)(H,24,25). The summed E-state index contributed by atoms with van der Waals surface area (Å²) < 4.78 is 0. The van der Waals surface area contributed by atoms with E-state index in [2.05, 4.69) is 22.3 Å². The summed E-state index contributed by atoms with van der Waals surface area (Å²) in [6, 6.07) is 17.4. The Kier molecular flexibility index (Phi) is 6.02. The van der Waals surface area contributed by atoms with Crippen LogP contribution in [-0.4, -0.2) is 35.0 Å². The summed E-state index contributed by atoms with van der Waals surface area (Å²) in [7, 11) is 0. The number of hydrogen-bond donors (Lipinski definition) is 2. The molecule has 5 heteroatoms. The molecule has 26 heavy (non-hydrogen) atoms. The van der Waals surface area contributed by atoms with Gasteiger partial charge in [0.25, 0.3) is 0 Å². The molecule has 1 amide bonds. The Balaban J connectivity index is 1.50. The molecule has 3 rings (SSSR count). The van der Waals surface area contributed by atoms with Crippen LogP contribution in [0.2, 0.25) is 0 Å². The molecule has 0 spiro atoms. The average Bonchev–Trinajstić information content (AvgIpc) is 2.63. The monoisotopic (exact) mass is 352 g/mol. The van der Waals surface area contributed by atoms with E-state index in [9.17, 15) is 9.59 Å². The Morgan fingerprint density at radius 2 is 1.69 bits per heavy atom. The van der Waals surface area contributed by atoms with Crippen LogP contribution in [0.5, 0.6) is 0 Å². The lowest BCUT2D eigenvalue weighted by Crippen LogP contribution is -2.37. The number of nitrogens with zero attached hydrogens (tertiary/aromatic N) is 1. The van der Waals surface area contributed by atoms with Crippen molar-refractivity contribution in [2.75, 3.05) is 18.4 Å². The number of carbonyl (C=O) groups is 2. The molecule has 136 valence electrons. The number of hydrogen-bond acceptors (Lipinski definition) is 3. The van der Waals surface area contributed by atoms with E-state index in [4.69, 9.17) is 5.11 Å². The minimum Gasteiger partial charge on any atom is -0.481 e. The van der Waals surface area contributed by atoms with E-state index in [0.29, 0.717) is 11.3 Å². The zero-order chi connectivity index (χ0) is 18.4. The molecule has 0 aromatic heterocycles. The number of anilines is 1. The van der Waals surface area contributed by atoms with Crippen molar-refractivity contribution in [2.24, 2.45) is 5.92 Å². The Morgan fingerprint density at radius 3 is 2.38 bits per heavy atom. The lowest BCUT2D eigenvalue weighted by molar-refractivity contribution is -0.136. The molecule has 0 bridgehead atoms. The van der Waals surface area contributed by atoms with Crippen molar-refractivity contribution in [1.82, 2.24) is 4.90 Å². The lowest BCUT2D eigenvalue weighted by atomic mass is 9.95. The number of likely N-dealkylation sites (tertiary alicyclic amines) is 1. The summed E-state index contributed by atoms with van der Waals surface area (Å²) in [6.45, 7) is 2.74. The van der Waals surface area contributed by atoms with Gasteiger partial charge in [0.2, 0.25) is 5.91 Å². The smallest absolute Gasteiger partial charge is 0.307 e. The number of aliphatic carboxylic acids is 1. The maximum atomic E-state index is 12.5. The van der Waals surface area contributed by atoms with E-state index in [-0.39, 0.29) is 18.2 Å². The quantitative estimate of drug-likeness (QED) is 0.838. The first kappa shape index (κ1) is 18.1. The zero-order valence-corrected chi connectivity index (χ0v) is 14.7. The van der Waals surface area contributed by atoms with Gasteiger partial charge in [0.15, 0.2) is 0 Å². The van der Waals surface area contributed by atoms with Gasteiger partial charge in [0.1, 0.15) is 0 Å². The third-order valence-electron chi connectivity index (χ3n) is 4.76. The predicted molar refractivity (Wildman–Crippen MR) is 101 cm³/mol. The number of amides is 1. The van der Waals surface area contributed by atoms with Crippen LogP contribution in [0.4, 0.5) is 5.69 Å². The van der Waals surface area contributed by atoms with Crippen LogP contribution in [-0.2, 0) is 22.6 Å². The van der Waals surface area contributed by atoms with E-state index in [0.717, 1.165) is 32.5 Å². The number of carbonyl (C=O) groups excluding carboxylic acids is 1. The average molecular weight is 352 g/mol. The van der Waals surface area contributed by atoms with Crippen LogP contribution in [0.1, 0.15) is 24.0 Å². The summed E-state index contributed by atoms with van der Waals surface area (Å²) in [6.07, 6.45) is 1.64. The third-order valence-corrected chi connectivity index (χ3v) is 4.76. The minimum absolute atomic E-state index is 0.00477. The molecule has 0 unspecified atom stereocenters. The molecular formula is C21H24N2O3. The highest BCUT2D eigenvalue weighted by atomic mass is 16.4. The Labute approximate surface area is 153 Å². The Bertz CT molecular complexity index is 753. The molecule has 2 aromatic rings. The fourth-order valence-corrected chi connectivity index (χ4v) is 3.37. The molecule has 0 radical (unpaired) electrons. The van der Waals surface area contributed by atoms with Crippen molar-refractivity contribution >= 4 is 17.6 Å². The van der Waals surface area contributed by atoms with Crippen LogP contribution in [0.25, 0.3) is 0 Å². The topological polar surface area (TPSA) is 69.6 Å². The molecule has 1 heterocycles. The number of benzene rings is 2. The molecule has 0 saturated carbocycles. The highest BCUT2D eigenvalue weighted by Gasteiger charge is 2.25. The van der Waals surface area contributed by atoms with E-state index in [1.165, 1.54) is 5.56 Å². The van der Waals surface area contributed by atoms with Gasteiger partial charge in [-0.05, 0) is 49.2 Å². The summed E-state index contributed by atoms with van der Waals surface area (Å²) in [4.78, 5) is 25.7. The molecule has 2 N–H and O–H groups in total. The lowest BCUT2D eigenvalue weighted by Gasteiger charge is -2.31. The molecule has 1 aliphatic heterocycles. The van der Waals surface area contributed by atoms with Crippen molar-refractivity contribution in [1.29, 1.82) is 0 Å². The summed E-state index contributed by atoms with van der Waals surface area (Å²) in [5.74, 6) is -0.846. The SMILES string of the molecule is O=C(O)Cc1cccc(NC(=O)C2CCN(Cc3ccccc3)CC2)c1. The fourth-order valence-electron chi connectivity index (χ4n) is 3.37. The molecule has 0 aliphatic carbocycles. The highest BCUT2D eigenvalue weighted by molar-refractivity contribution is 5.92. The second-order valence-corrected chi connectivity index (χ2v) is 6.80. The number of nitrogens with one attached hydrogen (secondary N) is 1. The van der Waals surface area contributed by atoms with Crippen molar-refractivity contribution in [2.45, 2.75) is 25.8 Å². The second kappa shape index (κ2) is 8.63. The molecule has 1 fully saturated rings. The fraction of sp³-hybridized carbons (Fsp3) is 0.333. The largest absolute Gasteiger partial charge is 0.481 e. The van der Waals surface area contributed by atoms with Gasteiger partial charge in [-0.25, -0.2) is 0 Å². The molecule has 1 aliphatic rings. The van der Waals surface area contributed by atoms with Crippen molar-refractivity contribution < 1.29 is 14.7 Å². The summed E-state index contributed by atoms with van der Waals surface area (Å²) in [5, 5.41) is 11.8. The molecule has 1 saturated heterocycles. The van der Waals surface area contributed by atoms with E-state index < -0.39 is 5.97 Å². The first-order chi connectivity index (χ1) is 12.6. The number of carboxylic acids is 1. The maximum absolute atomic E-state index is 12.5. The van der Waals surface area contributed by atoms with Crippen molar-refractivity contribution in [3.8, 4) is 0 Å². The number of piperidine rings is 1. The van der Waals surface area contributed by atoms with Crippen molar-refractivity contribution in [3.05, 3.63) is 65.7 Å². The molecule has 2 aromatic carbocycles. The van der Waals surface area contributed by atoms with Gasteiger partial charge in [-0.15, -0.1) is 0 Å². The van der Waals surface area contributed by atoms with Crippen molar-refractivity contribution in [3.63, 3.8) is 0 Å². The number of carboxylic acid groups (broad SMARTS) is 1. The first-order valence-electron chi connectivity index (χ1n) is 8.98. The summed E-state index contributed by atoms with van der Waals surface area (Å²) >= 11 is 0. The second-order valence-electron chi connectivity index (χ2n) is 6.80. The van der Waals surface area contributed by atoms with Crippen LogP contribution < -0.4 is 5.32 Å². The molecule has 0 atom stereocenters. The van der Waals surface area contributed by atoms with Gasteiger partial charge in [0.05, 0.1) is 6.42 Å². The van der Waals surface area contributed by atoms with Gasteiger partial charge < -0.3 is 10.4 Å². The first-order valence-corrected chi connectivity index (χ1v) is 8.98. The van der Waals surface area contributed by atoms with Crippen LogP contribution in [0, 0.1) is 5.92 Å². The van der Waals surface area contributed by atoms with Gasteiger partial charge in [-0.2, -0.15) is 0 Å². The zero-order valence-electron chi connectivity index (χ0n) is 14.7. The van der Waals surface area contributed by atoms with E-state index in [1.54, 1.807) is 24.3 Å². The molecule has 5 nitrogen and oxygen atoms in total. The number of rotatable bonds is 6. The third kappa shape index (κ3) is 5.17. The van der Waals surface area contributed by atoms with E-state index in [1.807, 2.05) is 18.2 Å². The van der Waals surface area contributed by atoms with Gasteiger partial charge in [-0.1, -0.05) is 42.5 Å². The minimum atomic E-state index is -0.876. The van der Waals surface area contributed by atoms with Gasteiger partial charge in [-0.3, -0.25) is 14.5 Å². The maximum Gasteiger partial charge on any atom is 0.307 e. The van der Waals surface area contributed by atoms with Gasteiger partial charge >= 0.3 is 5.97 Å². The van der Waals surface area contributed by atoms with Crippen LogP contribution in [0.15, 0.2) is 54.6 Å². The van der Waals surface area contributed by atoms with Crippen LogP contribution >= 0.6 is 0 Å². The Hall–Kier alpha value is -2.66. The molecular weight excluding hydrogens is 328 g/mol. The highest BCUT2D eigenvalue weighted by Crippen LogP contribution is 2.21. The Morgan fingerprint density at radius 1 is 1.00 bits per heavy atom. The normalized spacial score (nSPS) is 15.5. The van der Waals surface area contributed by atoms with Gasteiger partial charge in [0, 0.05) is 18.2 Å². The summed E-state index contributed by atoms with van der Waals surface area (Å²) in [5.41, 5.74) is 2.65. The predicted octanol–water partition coefficient (Wildman–Crippen LogP) is 3.16. The van der Waals surface area contributed by atoms with Crippen LogP contribution in [0.3, 0.4) is 0 Å². The van der Waals surface area contributed by atoms with E-state index >= 15 is 0 Å².